The van der Waals surface area contributed by atoms with E-state index in [0.29, 0.717) is 11.8 Å². The van der Waals surface area contributed by atoms with E-state index in [1.54, 1.807) is 6.26 Å². The molecule has 0 bridgehead atoms. The van der Waals surface area contributed by atoms with Crippen LogP contribution in [0.4, 0.5) is 0 Å². The summed E-state index contributed by atoms with van der Waals surface area (Å²) in [6, 6.07) is 2.30. The summed E-state index contributed by atoms with van der Waals surface area (Å²) in [6.07, 6.45) is 7.69. The first-order valence-corrected chi connectivity index (χ1v) is 9.96. The number of carbonyl (C=O) groups is 1. The molecule has 0 atom stereocenters. The maximum absolute atomic E-state index is 12.7. The molecule has 1 aliphatic carbocycles. The van der Waals surface area contributed by atoms with E-state index in [2.05, 4.69) is 17.1 Å². The molecular weight excluding hydrogens is 336 g/mol. The molecule has 2 aromatic heterocycles. The Balaban J connectivity index is 1.64. The molecule has 0 N–H and O–H groups in total. The van der Waals surface area contributed by atoms with E-state index >= 15 is 0 Å². The van der Waals surface area contributed by atoms with Crippen LogP contribution in [0.25, 0.3) is 11.4 Å². The fourth-order valence-corrected chi connectivity index (χ4v) is 4.33. The van der Waals surface area contributed by atoms with Gasteiger partial charge in [-0.25, -0.2) is 0 Å². The molecule has 136 valence electrons. The van der Waals surface area contributed by atoms with Gasteiger partial charge in [-0.15, -0.1) is 10.2 Å². The first kappa shape index (κ1) is 18.0. The molecule has 1 amide bonds. The van der Waals surface area contributed by atoms with E-state index < -0.39 is 0 Å². The Hall–Kier alpha value is -1.76. The van der Waals surface area contributed by atoms with Gasteiger partial charge in [-0.05, 0) is 32.8 Å². The third-order valence-corrected chi connectivity index (χ3v) is 5.94. The van der Waals surface area contributed by atoms with Crippen LogP contribution < -0.4 is 0 Å². The fraction of sp³-hybridized carbons (Fsp3) is 0.611. The van der Waals surface area contributed by atoms with Crippen LogP contribution in [-0.4, -0.2) is 43.9 Å². The van der Waals surface area contributed by atoms with Crippen LogP contribution in [0.2, 0.25) is 0 Å². The number of carbonyl (C=O) groups excluding carboxylic acids is 1. The maximum Gasteiger partial charge on any atom is 0.233 e. The number of nitrogens with zero attached hydrogens (tertiary/aromatic N) is 4. The zero-order valence-electron chi connectivity index (χ0n) is 15.2. The highest BCUT2D eigenvalue weighted by atomic mass is 32.2. The molecule has 0 unspecified atom stereocenters. The predicted octanol–water partition coefficient (Wildman–Crippen LogP) is 3.66. The Kier molecular flexibility index (Phi) is 5.83. The molecule has 3 rings (SSSR count). The van der Waals surface area contributed by atoms with Crippen LogP contribution in [0.3, 0.4) is 0 Å². The lowest BCUT2D eigenvalue weighted by molar-refractivity contribution is -0.131. The van der Waals surface area contributed by atoms with Crippen LogP contribution in [0.1, 0.15) is 44.8 Å². The van der Waals surface area contributed by atoms with Crippen molar-refractivity contribution in [3.8, 4) is 11.4 Å². The molecule has 0 aliphatic heterocycles. The molecule has 2 heterocycles. The van der Waals surface area contributed by atoms with Crippen molar-refractivity contribution < 1.29 is 9.21 Å². The number of amides is 1. The van der Waals surface area contributed by atoms with Gasteiger partial charge >= 0.3 is 0 Å². The van der Waals surface area contributed by atoms with E-state index in [-0.39, 0.29) is 5.91 Å². The molecule has 2 aromatic rings. The van der Waals surface area contributed by atoms with Crippen molar-refractivity contribution in [1.29, 1.82) is 0 Å². The normalized spacial score (nSPS) is 15.5. The van der Waals surface area contributed by atoms with Gasteiger partial charge in [0.1, 0.15) is 5.76 Å². The zero-order chi connectivity index (χ0) is 17.8. The average Bonchev–Trinajstić information content (AvgIpc) is 3.20. The summed E-state index contributed by atoms with van der Waals surface area (Å²) in [5, 5.41) is 9.26. The lowest BCUT2D eigenvalue weighted by Gasteiger charge is -2.33. The molecule has 0 saturated heterocycles. The third-order valence-electron chi connectivity index (χ3n) is 4.94. The topological polar surface area (TPSA) is 64.2 Å². The summed E-state index contributed by atoms with van der Waals surface area (Å²) in [7, 11) is 1.92. The van der Waals surface area contributed by atoms with Gasteiger partial charge in [0.25, 0.3) is 0 Å². The van der Waals surface area contributed by atoms with Crippen LogP contribution in [-0.2, 0) is 11.8 Å². The summed E-state index contributed by atoms with van der Waals surface area (Å²) in [6.45, 7) is 4.76. The Morgan fingerprint density at radius 3 is 2.76 bits per heavy atom. The minimum Gasteiger partial charge on any atom is -0.469 e. The maximum atomic E-state index is 12.7. The number of thioether (sulfide) groups is 1. The standard InChI is InChI=1S/C18H26N4O2S/c1-4-22(14-8-6-5-7-9-14)16(23)12-25-18-20-19-17(21(18)3)15-10-11-24-13(15)2/h10-11,14H,4-9,12H2,1-3H3. The van der Waals surface area contributed by atoms with Crippen LogP contribution >= 0.6 is 11.8 Å². The molecule has 0 aromatic carbocycles. The van der Waals surface area contributed by atoms with Crippen molar-refractivity contribution in [2.45, 2.75) is 57.1 Å². The molecule has 0 radical (unpaired) electrons. The average molecular weight is 362 g/mol. The molecule has 25 heavy (non-hydrogen) atoms. The van der Waals surface area contributed by atoms with Crippen LogP contribution in [0.15, 0.2) is 21.9 Å². The van der Waals surface area contributed by atoms with Gasteiger partial charge < -0.3 is 13.9 Å². The summed E-state index contributed by atoms with van der Waals surface area (Å²) in [4.78, 5) is 14.7. The predicted molar refractivity (Wildman–Crippen MR) is 98.4 cm³/mol. The highest BCUT2D eigenvalue weighted by Gasteiger charge is 2.24. The first-order chi connectivity index (χ1) is 12.1. The van der Waals surface area contributed by atoms with Gasteiger partial charge in [-0.2, -0.15) is 0 Å². The highest BCUT2D eigenvalue weighted by molar-refractivity contribution is 7.99. The monoisotopic (exact) mass is 362 g/mol. The SMILES string of the molecule is CCN(C(=O)CSc1nnc(-c2ccoc2C)n1C)C1CCCCC1. The van der Waals surface area contributed by atoms with Crippen LogP contribution in [0.5, 0.6) is 0 Å². The van der Waals surface area contributed by atoms with Gasteiger partial charge in [0.05, 0.1) is 17.6 Å². The molecule has 1 saturated carbocycles. The lowest BCUT2D eigenvalue weighted by atomic mass is 9.94. The minimum absolute atomic E-state index is 0.198. The van der Waals surface area contributed by atoms with Crippen molar-refractivity contribution in [1.82, 2.24) is 19.7 Å². The zero-order valence-corrected chi connectivity index (χ0v) is 16.0. The second kappa shape index (κ2) is 8.08. The summed E-state index contributed by atoms with van der Waals surface area (Å²) < 4.78 is 7.27. The molecule has 6 nitrogen and oxygen atoms in total. The van der Waals surface area contributed by atoms with E-state index in [1.165, 1.54) is 31.0 Å². The van der Waals surface area contributed by atoms with Crippen LogP contribution in [0, 0.1) is 6.92 Å². The Bertz CT molecular complexity index is 718. The second-order valence-electron chi connectivity index (χ2n) is 6.52. The smallest absolute Gasteiger partial charge is 0.233 e. The molecule has 1 fully saturated rings. The highest BCUT2D eigenvalue weighted by Crippen LogP contribution is 2.27. The molecule has 0 spiro atoms. The number of hydrogen-bond donors (Lipinski definition) is 0. The number of furan rings is 1. The lowest BCUT2D eigenvalue weighted by Crippen LogP contribution is -2.42. The number of aryl methyl sites for hydroxylation is 1. The second-order valence-corrected chi connectivity index (χ2v) is 7.46. The fourth-order valence-electron chi connectivity index (χ4n) is 3.53. The summed E-state index contributed by atoms with van der Waals surface area (Å²) in [5.41, 5.74) is 0.936. The molecule has 7 heteroatoms. The van der Waals surface area contributed by atoms with Crippen molar-refractivity contribution in [2.75, 3.05) is 12.3 Å². The van der Waals surface area contributed by atoms with E-state index in [1.807, 2.05) is 29.5 Å². The minimum atomic E-state index is 0.198. The van der Waals surface area contributed by atoms with E-state index in [4.69, 9.17) is 4.42 Å². The van der Waals surface area contributed by atoms with Gasteiger partial charge in [0, 0.05) is 19.6 Å². The van der Waals surface area contributed by atoms with Gasteiger partial charge in [-0.3, -0.25) is 4.79 Å². The molecule has 1 aliphatic rings. The van der Waals surface area contributed by atoms with Crippen molar-refractivity contribution >= 4 is 17.7 Å². The van der Waals surface area contributed by atoms with Gasteiger partial charge in [0.2, 0.25) is 5.91 Å². The number of rotatable bonds is 6. The van der Waals surface area contributed by atoms with Crippen molar-refractivity contribution in [3.63, 3.8) is 0 Å². The van der Waals surface area contributed by atoms with Crippen molar-refractivity contribution in [2.24, 2.45) is 7.05 Å². The number of aromatic nitrogens is 3. The third kappa shape index (κ3) is 3.92. The summed E-state index contributed by atoms with van der Waals surface area (Å²) in [5.74, 6) is 2.18. The molecular formula is C18H26N4O2S. The van der Waals surface area contributed by atoms with Crippen molar-refractivity contribution in [3.05, 3.63) is 18.1 Å². The number of hydrogen-bond acceptors (Lipinski definition) is 5. The Morgan fingerprint density at radius 1 is 1.36 bits per heavy atom. The van der Waals surface area contributed by atoms with E-state index in [0.717, 1.165) is 41.7 Å². The van der Waals surface area contributed by atoms with E-state index in [9.17, 15) is 4.79 Å². The van der Waals surface area contributed by atoms with Gasteiger partial charge in [-0.1, -0.05) is 31.0 Å². The quantitative estimate of drug-likeness (QED) is 0.734. The summed E-state index contributed by atoms with van der Waals surface area (Å²) >= 11 is 1.45. The Labute approximate surface area is 153 Å². The Morgan fingerprint density at radius 2 is 2.12 bits per heavy atom. The van der Waals surface area contributed by atoms with Gasteiger partial charge in [0.15, 0.2) is 11.0 Å². The first-order valence-electron chi connectivity index (χ1n) is 8.98. The largest absolute Gasteiger partial charge is 0.469 e.